The molecule has 2 aromatic rings. The zero-order valence-corrected chi connectivity index (χ0v) is 10.2. The summed E-state index contributed by atoms with van der Waals surface area (Å²) in [6, 6.07) is 7.34. The smallest absolute Gasteiger partial charge is 0.341 e. The second kappa shape index (κ2) is 4.87. The van der Waals surface area contributed by atoms with Crippen molar-refractivity contribution in [2.24, 2.45) is 0 Å². The van der Waals surface area contributed by atoms with Crippen molar-refractivity contribution in [2.75, 3.05) is 0 Å². The number of ether oxygens (including phenoxy) is 1. The second-order valence-electron chi connectivity index (χ2n) is 4.05. The van der Waals surface area contributed by atoms with E-state index in [0.717, 1.165) is 11.1 Å². The standard InChI is InChI=1S/C14H13NO3/c1-9-3-4-10(2)13(7-9)18-12-5-6-15-8-11(12)14(16)17/h3-8H,1-2H3,(H,16,17). The molecule has 18 heavy (non-hydrogen) atoms. The first-order chi connectivity index (χ1) is 8.58. The fourth-order valence-electron chi connectivity index (χ4n) is 1.57. The Morgan fingerprint density at radius 1 is 1.22 bits per heavy atom. The predicted octanol–water partition coefficient (Wildman–Crippen LogP) is 3.19. The van der Waals surface area contributed by atoms with Crippen molar-refractivity contribution >= 4 is 5.97 Å². The Bertz CT molecular complexity index is 593. The first kappa shape index (κ1) is 12.1. The first-order valence-corrected chi connectivity index (χ1v) is 5.50. The van der Waals surface area contributed by atoms with E-state index in [4.69, 9.17) is 9.84 Å². The molecule has 4 heteroatoms. The Balaban J connectivity index is 2.40. The minimum absolute atomic E-state index is 0.0541. The second-order valence-corrected chi connectivity index (χ2v) is 4.05. The van der Waals surface area contributed by atoms with E-state index in [1.54, 1.807) is 6.07 Å². The van der Waals surface area contributed by atoms with Crippen LogP contribution in [0.5, 0.6) is 11.5 Å². The summed E-state index contributed by atoms with van der Waals surface area (Å²) in [5, 5.41) is 9.05. The minimum atomic E-state index is -1.05. The number of carboxylic acids is 1. The van der Waals surface area contributed by atoms with Crippen molar-refractivity contribution < 1.29 is 14.6 Å². The normalized spacial score (nSPS) is 10.1. The number of benzene rings is 1. The van der Waals surface area contributed by atoms with E-state index in [9.17, 15) is 4.79 Å². The maximum atomic E-state index is 11.0. The van der Waals surface area contributed by atoms with Crippen LogP contribution in [-0.2, 0) is 0 Å². The predicted molar refractivity (Wildman–Crippen MR) is 67.2 cm³/mol. The Morgan fingerprint density at radius 2 is 2.00 bits per heavy atom. The molecule has 0 bridgehead atoms. The molecule has 1 heterocycles. The number of nitrogens with zero attached hydrogens (tertiary/aromatic N) is 1. The summed E-state index contributed by atoms with van der Waals surface area (Å²) in [6.45, 7) is 3.87. The molecule has 0 aliphatic heterocycles. The molecule has 0 unspecified atom stereocenters. The maximum absolute atomic E-state index is 11.0. The van der Waals surface area contributed by atoms with Crippen molar-refractivity contribution in [2.45, 2.75) is 13.8 Å². The van der Waals surface area contributed by atoms with E-state index in [1.807, 2.05) is 32.0 Å². The number of pyridine rings is 1. The summed E-state index contributed by atoms with van der Waals surface area (Å²) < 4.78 is 5.66. The lowest BCUT2D eigenvalue weighted by atomic mass is 10.1. The summed E-state index contributed by atoms with van der Waals surface area (Å²) in [5.74, 6) is -0.0988. The highest BCUT2D eigenvalue weighted by atomic mass is 16.5. The Kier molecular flexibility index (Phi) is 3.28. The largest absolute Gasteiger partial charge is 0.477 e. The summed E-state index contributed by atoms with van der Waals surface area (Å²) in [6.07, 6.45) is 2.79. The molecular formula is C14H13NO3. The zero-order chi connectivity index (χ0) is 13.1. The highest BCUT2D eigenvalue weighted by Crippen LogP contribution is 2.28. The van der Waals surface area contributed by atoms with Gasteiger partial charge < -0.3 is 9.84 Å². The fourth-order valence-corrected chi connectivity index (χ4v) is 1.57. The number of aromatic carboxylic acids is 1. The van der Waals surface area contributed by atoms with Gasteiger partial charge in [0.2, 0.25) is 0 Å². The highest BCUT2D eigenvalue weighted by Gasteiger charge is 2.12. The van der Waals surface area contributed by atoms with Gasteiger partial charge in [-0.05, 0) is 31.0 Å². The van der Waals surface area contributed by atoms with Gasteiger partial charge in [-0.1, -0.05) is 12.1 Å². The maximum Gasteiger partial charge on any atom is 0.341 e. The first-order valence-electron chi connectivity index (χ1n) is 5.50. The van der Waals surface area contributed by atoms with Crippen LogP contribution in [0.1, 0.15) is 21.5 Å². The van der Waals surface area contributed by atoms with Crippen LogP contribution in [0.25, 0.3) is 0 Å². The van der Waals surface area contributed by atoms with E-state index in [2.05, 4.69) is 4.98 Å². The zero-order valence-electron chi connectivity index (χ0n) is 10.2. The lowest BCUT2D eigenvalue weighted by Crippen LogP contribution is -2.01. The third-order valence-electron chi connectivity index (χ3n) is 2.58. The minimum Gasteiger partial charge on any atom is -0.477 e. The Morgan fingerprint density at radius 3 is 2.72 bits per heavy atom. The number of aromatic nitrogens is 1. The molecule has 1 aromatic heterocycles. The number of aryl methyl sites for hydroxylation is 2. The Hall–Kier alpha value is -2.36. The van der Waals surface area contributed by atoms with Crippen LogP contribution < -0.4 is 4.74 Å². The Labute approximate surface area is 105 Å². The molecule has 0 fully saturated rings. The highest BCUT2D eigenvalue weighted by molar-refractivity contribution is 5.90. The molecule has 4 nitrogen and oxygen atoms in total. The van der Waals surface area contributed by atoms with Crippen LogP contribution in [-0.4, -0.2) is 16.1 Å². The van der Waals surface area contributed by atoms with Gasteiger partial charge in [0.15, 0.2) is 0 Å². The average molecular weight is 243 g/mol. The van der Waals surface area contributed by atoms with Gasteiger partial charge in [-0.25, -0.2) is 4.79 Å². The third-order valence-corrected chi connectivity index (χ3v) is 2.58. The van der Waals surface area contributed by atoms with E-state index in [1.165, 1.54) is 12.4 Å². The molecule has 2 rings (SSSR count). The molecule has 1 aromatic carbocycles. The van der Waals surface area contributed by atoms with Crippen molar-refractivity contribution in [3.05, 3.63) is 53.3 Å². The molecule has 0 spiro atoms. The van der Waals surface area contributed by atoms with Crippen LogP contribution >= 0.6 is 0 Å². The van der Waals surface area contributed by atoms with Gasteiger partial charge in [0.1, 0.15) is 17.1 Å². The molecule has 0 radical (unpaired) electrons. The van der Waals surface area contributed by atoms with Crippen molar-refractivity contribution in [1.29, 1.82) is 0 Å². The van der Waals surface area contributed by atoms with Crippen LogP contribution in [0.4, 0.5) is 0 Å². The average Bonchev–Trinajstić information content (AvgIpc) is 2.34. The molecular weight excluding hydrogens is 230 g/mol. The molecule has 0 saturated carbocycles. The van der Waals surface area contributed by atoms with Crippen molar-refractivity contribution in [3.63, 3.8) is 0 Å². The number of carboxylic acid groups (broad SMARTS) is 1. The van der Waals surface area contributed by atoms with Crippen molar-refractivity contribution in [3.8, 4) is 11.5 Å². The number of hydrogen-bond donors (Lipinski definition) is 1. The van der Waals surface area contributed by atoms with Crippen LogP contribution in [0.2, 0.25) is 0 Å². The van der Waals surface area contributed by atoms with Crippen LogP contribution in [0, 0.1) is 13.8 Å². The number of rotatable bonds is 3. The van der Waals surface area contributed by atoms with Gasteiger partial charge in [-0.15, -0.1) is 0 Å². The van der Waals surface area contributed by atoms with Gasteiger partial charge in [0, 0.05) is 18.5 Å². The van der Waals surface area contributed by atoms with Gasteiger partial charge in [-0.3, -0.25) is 4.98 Å². The number of hydrogen-bond acceptors (Lipinski definition) is 3. The fraction of sp³-hybridized carbons (Fsp3) is 0.143. The van der Waals surface area contributed by atoms with Gasteiger partial charge in [0.25, 0.3) is 0 Å². The molecule has 0 aliphatic carbocycles. The molecule has 1 N–H and O–H groups in total. The summed E-state index contributed by atoms with van der Waals surface area (Å²) >= 11 is 0. The summed E-state index contributed by atoms with van der Waals surface area (Å²) in [7, 11) is 0. The molecule has 0 atom stereocenters. The SMILES string of the molecule is Cc1ccc(C)c(Oc2ccncc2C(=O)O)c1. The van der Waals surface area contributed by atoms with Crippen molar-refractivity contribution in [1.82, 2.24) is 4.98 Å². The molecule has 0 amide bonds. The third kappa shape index (κ3) is 2.48. The lowest BCUT2D eigenvalue weighted by molar-refractivity contribution is 0.0693. The van der Waals surface area contributed by atoms with Crippen LogP contribution in [0.15, 0.2) is 36.7 Å². The van der Waals surface area contributed by atoms with Gasteiger partial charge in [0.05, 0.1) is 0 Å². The molecule has 0 saturated heterocycles. The van der Waals surface area contributed by atoms with E-state index < -0.39 is 5.97 Å². The van der Waals surface area contributed by atoms with E-state index >= 15 is 0 Å². The van der Waals surface area contributed by atoms with Crippen LogP contribution in [0.3, 0.4) is 0 Å². The van der Waals surface area contributed by atoms with Gasteiger partial charge >= 0.3 is 5.97 Å². The number of carbonyl (C=O) groups is 1. The summed E-state index contributed by atoms with van der Waals surface area (Å²) in [4.78, 5) is 14.8. The monoisotopic (exact) mass is 243 g/mol. The van der Waals surface area contributed by atoms with E-state index in [-0.39, 0.29) is 5.56 Å². The van der Waals surface area contributed by atoms with Gasteiger partial charge in [-0.2, -0.15) is 0 Å². The topological polar surface area (TPSA) is 59.4 Å². The lowest BCUT2D eigenvalue weighted by Gasteiger charge is -2.11. The van der Waals surface area contributed by atoms with E-state index in [0.29, 0.717) is 11.5 Å². The molecule has 92 valence electrons. The molecule has 0 aliphatic rings. The summed E-state index contributed by atoms with van der Waals surface area (Å²) in [5.41, 5.74) is 2.06. The quantitative estimate of drug-likeness (QED) is 0.899.